The Bertz CT molecular complexity index is 423. The predicted octanol–water partition coefficient (Wildman–Crippen LogP) is 0.695. The molecule has 0 radical (unpaired) electrons. The maximum atomic E-state index is 12.3. The van der Waals surface area contributed by atoms with Crippen molar-refractivity contribution < 1.29 is 13.2 Å². The van der Waals surface area contributed by atoms with E-state index in [1.807, 2.05) is 4.90 Å². The van der Waals surface area contributed by atoms with E-state index in [2.05, 4.69) is 23.9 Å². The smallest absolute Gasteiger partial charge is 0.222 e. The Morgan fingerprint density at radius 2 is 2.05 bits per heavy atom. The summed E-state index contributed by atoms with van der Waals surface area (Å²) in [5, 5.41) is 3.30. The molecule has 0 aromatic rings. The van der Waals surface area contributed by atoms with Crippen LogP contribution in [0.1, 0.15) is 46.0 Å². The first-order chi connectivity index (χ1) is 9.79. The molecule has 0 saturated carbocycles. The summed E-state index contributed by atoms with van der Waals surface area (Å²) in [4.78, 5) is 14.2. The van der Waals surface area contributed by atoms with Crippen molar-refractivity contribution in [1.82, 2.24) is 14.9 Å². The monoisotopic (exact) mass is 319 g/mol. The lowest BCUT2D eigenvalue weighted by atomic mass is 10.0. The lowest BCUT2D eigenvalue weighted by Crippen LogP contribution is -2.49. The Labute approximate surface area is 128 Å². The zero-order chi connectivity index (χ0) is 15.9. The van der Waals surface area contributed by atoms with Crippen LogP contribution in [0.25, 0.3) is 0 Å². The summed E-state index contributed by atoms with van der Waals surface area (Å²) in [5.41, 5.74) is 0. The summed E-state index contributed by atoms with van der Waals surface area (Å²) in [6.45, 7) is 6.07. The molecular formula is C14H29N3O3S. The van der Waals surface area contributed by atoms with Gasteiger partial charge in [0.25, 0.3) is 0 Å². The Balaban J connectivity index is 2.42. The lowest BCUT2D eigenvalue weighted by molar-refractivity contribution is -0.134. The van der Waals surface area contributed by atoms with Crippen LogP contribution in [0, 0.1) is 0 Å². The minimum absolute atomic E-state index is 0.000895. The number of carbonyl (C=O) groups excluding carboxylic acids is 1. The number of hydrogen-bond acceptors (Lipinski definition) is 4. The van der Waals surface area contributed by atoms with Gasteiger partial charge in [-0.25, -0.2) is 13.1 Å². The highest BCUT2D eigenvalue weighted by molar-refractivity contribution is 7.88. The molecule has 21 heavy (non-hydrogen) atoms. The van der Waals surface area contributed by atoms with E-state index in [4.69, 9.17) is 0 Å². The average molecular weight is 319 g/mol. The van der Waals surface area contributed by atoms with E-state index >= 15 is 0 Å². The van der Waals surface area contributed by atoms with Crippen LogP contribution in [-0.2, 0) is 14.8 Å². The summed E-state index contributed by atoms with van der Waals surface area (Å²) in [7, 11) is -3.20. The molecule has 1 unspecified atom stereocenters. The highest BCUT2D eigenvalue weighted by Gasteiger charge is 2.26. The zero-order valence-corrected chi connectivity index (χ0v) is 14.2. The predicted molar refractivity (Wildman–Crippen MR) is 84.6 cm³/mol. The summed E-state index contributed by atoms with van der Waals surface area (Å²) in [6, 6.07) is 0.431. The van der Waals surface area contributed by atoms with Crippen LogP contribution in [-0.4, -0.2) is 57.2 Å². The third-order valence-electron chi connectivity index (χ3n) is 3.65. The highest BCUT2D eigenvalue weighted by atomic mass is 32.2. The molecule has 0 aliphatic carbocycles. The fraction of sp³-hybridized carbons (Fsp3) is 0.929. The average Bonchev–Trinajstić information content (AvgIpc) is 2.40. The molecule has 1 aliphatic heterocycles. The number of amides is 1. The molecule has 0 bridgehead atoms. The summed E-state index contributed by atoms with van der Waals surface area (Å²) >= 11 is 0. The molecule has 2 N–H and O–H groups in total. The third kappa shape index (κ3) is 7.78. The van der Waals surface area contributed by atoms with E-state index in [0.29, 0.717) is 19.0 Å². The van der Waals surface area contributed by atoms with Crippen LogP contribution in [0.5, 0.6) is 0 Å². The van der Waals surface area contributed by atoms with Crippen molar-refractivity contribution in [3.05, 3.63) is 0 Å². The summed E-state index contributed by atoms with van der Waals surface area (Å²) in [5.74, 6) is 0.139. The van der Waals surface area contributed by atoms with Gasteiger partial charge in [0.05, 0.1) is 6.26 Å². The number of piperidine rings is 1. The highest BCUT2D eigenvalue weighted by Crippen LogP contribution is 2.18. The Kier molecular flexibility index (Phi) is 7.62. The number of nitrogens with one attached hydrogen (secondary N) is 2. The van der Waals surface area contributed by atoms with Gasteiger partial charge >= 0.3 is 0 Å². The molecule has 1 rings (SSSR count). The van der Waals surface area contributed by atoms with Gasteiger partial charge in [-0.2, -0.15) is 0 Å². The molecule has 124 valence electrons. The van der Waals surface area contributed by atoms with Gasteiger partial charge in [0.2, 0.25) is 15.9 Å². The number of likely N-dealkylation sites (tertiary alicyclic amines) is 1. The standard InChI is InChI=1S/C14H29N3O3S/c1-12(2)15-9-6-8-14(18)17-10-5-4-7-13(17)11-16-21(3,19)20/h12-13,15-16H,4-11H2,1-3H3. The van der Waals surface area contributed by atoms with Gasteiger partial charge in [-0.1, -0.05) is 13.8 Å². The van der Waals surface area contributed by atoms with E-state index in [1.165, 1.54) is 0 Å². The fourth-order valence-corrected chi connectivity index (χ4v) is 3.06. The maximum Gasteiger partial charge on any atom is 0.222 e. The Morgan fingerprint density at radius 1 is 1.33 bits per heavy atom. The van der Waals surface area contributed by atoms with Crippen molar-refractivity contribution in [2.45, 2.75) is 58.0 Å². The Morgan fingerprint density at radius 3 is 2.67 bits per heavy atom. The van der Waals surface area contributed by atoms with Crippen molar-refractivity contribution in [3.63, 3.8) is 0 Å². The van der Waals surface area contributed by atoms with Crippen LogP contribution in [0.2, 0.25) is 0 Å². The normalized spacial score (nSPS) is 20.0. The minimum atomic E-state index is -3.20. The minimum Gasteiger partial charge on any atom is -0.338 e. The van der Waals surface area contributed by atoms with Gasteiger partial charge in [-0.15, -0.1) is 0 Å². The van der Waals surface area contributed by atoms with Gasteiger partial charge in [-0.3, -0.25) is 4.79 Å². The van der Waals surface area contributed by atoms with Gasteiger partial charge in [0.1, 0.15) is 0 Å². The second-order valence-electron chi connectivity index (χ2n) is 6.07. The molecule has 0 spiro atoms. The number of carbonyl (C=O) groups is 1. The maximum absolute atomic E-state index is 12.3. The molecule has 7 heteroatoms. The molecule has 1 aliphatic rings. The quantitative estimate of drug-likeness (QED) is 0.645. The summed E-state index contributed by atoms with van der Waals surface area (Å²) in [6.07, 6.45) is 5.42. The van der Waals surface area contributed by atoms with Crippen molar-refractivity contribution >= 4 is 15.9 Å². The molecule has 6 nitrogen and oxygen atoms in total. The van der Waals surface area contributed by atoms with E-state index < -0.39 is 10.0 Å². The number of rotatable bonds is 8. The third-order valence-corrected chi connectivity index (χ3v) is 4.34. The first kappa shape index (κ1) is 18.4. The largest absolute Gasteiger partial charge is 0.338 e. The molecular weight excluding hydrogens is 290 g/mol. The molecule has 1 atom stereocenters. The molecule has 0 aromatic carbocycles. The second-order valence-corrected chi connectivity index (χ2v) is 7.90. The molecule has 1 heterocycles. The number of nitrogens with zero attached hydrogens (tertiary/aromatic N) is 1. The van der Waals surface area contributed by atoms with Crippen LogP contribution >= 0.6 is 0 Å². The SMILES string of the molecule is CC(C)NCCCC(=O)N1CCCCC1CNS(C)(=O)=O. The van der Waals surface area contributed by atoms with Crippen LogP contribution in [0.15, 0.2) is 0 Å². The van der Waals surface area contributed by atoms with E-state index in [1.54, 1.807) is 0 Å². The van der Waals surface area contributed by atoms with Crippen LogP contribution in [0.4, 0.5) is 0 Å². The lowest BCUT2D eigenvalue weighted by Gasteiger charge is -2.36. The topological polar surface area (TPSA) is 78.5 Å². The van der Waals surface area contributed by atoms with E-state index in [0.717, 1.165) is 45.0 Å². The van der Waals surface area contributed by atoms with Gasteiger partial charge in [0.15, 0.2) is 0 Å². The van der Waals surface area contributed by atoms with E-state index in [-0.39, 0.29) is 11.9 Å². The second kappa shape index (κ2) is 8.70. The van der Waals surface area contributed by atoms with Gasteiger partial charge < -0.3 is 10.2 Å². The number of sulfonamides is 1. The van der Waals surface area contributed by atoms with Crippen molar-refractivity contribution in [2.75, 3.05) is 25.9 Å². The fourth-order valence-electron chi connectivity index (χ4n) is 2.56. The zero-order valence-electron chi connectivity index (χ0n) is 13.4. The molecule has 1 saturated heterocycles. The Hall–Kier alpha value is -0.660. The van der Waals surface area contributed by atoms with E-state index in [9.17, 15) is 13.2 Å². The molecule has 1 fully saturated rings. The molecule has 0 aromatic heterocycles. The van der Waals surface area contributed by atoms with Gasteiger partial charge in [0, 0.05) is 31.6 Å². The first-order valence-electron chi connectivity index (χ1n) is 7.77. The van der Waals surface area contributed by atoms with Crippen LogP contribution < -0.4 is 10.0 Å². The first-order valence-corrected chi connectivity index (χ1v) is 9.66. The van der Waals surface area contributed by atoms with Crippen molar-refractivity contribution in [2.24, 2.45) is 0 Å². The van der Waals surface area contributed by atoms with Gasteiger partial charge in [-0.05, 0) is 32.2 Å². The summed E-state index contributed by atoms with van der Waals surface area (Å²) < 4.78 is 24.9. The van der Waals surface area contributed by atoms with Crippen molar-refractivity contribution in [3.8, 4) is 0 Å². The molecule has 1 amide bonds. The van der Waals surface area contributed by atoms with Crippen LogP contribution in [0.3, 0.4) is 0 Å². The van der Waals surface area contributed by atoms with Crippen molar-refractivity contribution in [1.29, 1.82) is 0 Å². The number of hydrogen-bond donors (Lipinski definition) is 2.